The Morgan fingerprint density at radius 2 is 1.96 bits per heavy atom. The lowest BCUT2D eigenvalue weighted by molar-refractivity contribution is 0.256. The fourth-order valence-corrected chi connectivity index (χ4v) is 3.44. The average molecular weight is 421 g/mol. The van der Waals surface area contributed by atoms with Gasteiger partial charge in [0.1, 0.15) is 0 Å². The number of hydrogen-bond acceptors (Lipinski definition) is 9. The number of nitrogens with one attached hydrogen (secondary N) is 2. The maximum absolute atomic E-state index is 12.3. The van der Waals surface area contributed by atoms with Gasteiger partial charge in [0.25, 0.3) is 0 Å². The Kier molecular flexibility index (Phi) is 7.00. The van der Waals surface area contributed by atoms with Crippen LogP contribution in [0.15, 0.2) is 16.0 Å². The molecular weight excluding hydrogens is 405 g/mol. The molecule has 12 nitrogen and oxygen atoms in total. The van der Waals surface area contributed by atoms with E-state index in [1.807, 2.05) is 0 Å². The van der Waals surface area contributed by atoms with Gasteiger partial charge in [-0.1, -0.05) is 0 Å². The molecule has 0 aliphatic carbocycles. The number of nitrogens with zero attached hydrogens (tertiary/aromatic N) is 5. The first kappa shape index (κ1) is 20.5. The Hall–Kier alpha value is -2.81. The first-order valence-corrected chi connectivity index (χ1v) is 9.62. The molecule has 0 aromatic carbocycles. The van der Waals surface area contributed by atoms with Gasteiger partial charge >= 0.3 is 28.3 Å². The third-order valence-electron chi connectivity index (χ3n) is 2.80. The van der Waals surface area contributed by atoms with Crippen LogP contribution in [-0.2, 0) is 16.8 Å². The number of urea groups is 1. The number of halogens is 1. The molecule has 0 aliphatic heterocycles. The molecule has 0 saturated carbocycles. The highest BCUT2D eigenvalue weighted by Gasteiger charge is 2.16. The molecule has 15 heteroatoms. The predicted octanol–water partition coefficient (Wildman–Crippen LogP) is 0.0786. The number of thiazole rings is 1. The molecule has 148 valence electrons. The number of carbonyl (C=O) groups excluding carboxylic acids is 1. The third kappa shape index (κ3) is 6.14. The molecule has 2 N–H and O–H groups in total. The number of rotatable bonds is 8. The van der Waals surface area contributed by atoms with Crippen molar-refractivity contribution < 1.29 is 27.1 Å². The van der Waals surface area contributed by atoms with E-state index >= 15 is 0 Å². The fraction of sp³-hybridized carbons (Fsp3) is 0.417. The van der Waals surface area contributed by atoms with Gasteiger partial charge in [-0.3, -0.25) is 9.71 Å². The summed E-state index contributed by atoms with van der Waals surface area (Å²) in [6.07, 6.45) is 1.78. The molecule has 27 heavy (non-hydrogen) atoms. The Bertz CT molecular complexity index is 937. The molecule has 2 heterocycles. The SMILES string of the molecule is COc1nc(NC(=O)NS(=O)(=O)/N=c2/sccn2CCCF)nc(OC)n1. The quantitative estimate of drug-likeness (QED) is 0.608. The van der Waals surface area contributed by atoms with Crippen LogP contribution in [0.5, 0.6) is 12.0 Å². The second kappa shape index (κ2) is 9.22. The molecule has 2 amide bonds. The largest absolute Gasteiger partial charge is 0.467 e. The first-order chi connectivity index (χ1) is 12.9. The van der Waals surface area contributed by atoms with Crippen molar-refractivity contribution in [3.8, 4) is 12.0 Å². The van der Waals surface area contributed by atoms with E-state index in [0.29, 0.717) is 0 Å². The highest BCUT2D eigenvalue weighted by Crippen LogP contribution is 2.11. The smallest absolute Gasteiger partial charge is 0.348 e. The van der Waals surface area contributed by atoms with Gasteiger partial charge in [-0.15, -0.1) is 20.7 Å². The van der Waals surface area contributed by atoms with E-state index in [4.69, 9.17) is 9.47 Å². The van der Waals surface area contributed by atoms with Crippen LogP contribution in [0.25, 0.3) is 0 Å². The molecule has 0 unspecified atom stereocenters. The van der Waals surface area contributed by atoms with E-state index in [1.165, 1.54) is 18.8 Å². The van der Waals surface area contributed by atoms with Crippen molar-refractivity contribution in [2.75, 3.05) is 26.2 Å². The number of aryl methyl sites for hydroxylation is 1. The standard InChI is InChI=1S/C12H16FN7O5S2/c1-24-10-15-8(16-11(17-10)25-2)14-9(21)18-27(22,23)19-12-20(5-3-4-13)6-7-26-12/h6-7H,3-5H2,1-2H3,(H2,14,15,16,17,18,21)/b19-12+. The second-order valence-corrected chi connectivity index (χ2v) is 6.89. The van der Waals surface area contributed by atoms with E-state index in [2.05, 4.69) is 24.7 Å². The van der Waals surface area contributed by atoms with Crippen molar-refractivity contribution in [1.29, 1.82) is 0 Å². The third-order valence-corrected chi connectivity index (χ3v) is 4.56. The molecule has 2 aromatic heterocycles. The van der Waals surface area contributed by atoms with Gasteiger partial charge in [0.05, 0.1) is 20.9 Å². The fourth-order valence-electron chi connectivity index (χ4n) is 1.72. The van der Waals surface area contributed by atoms with Crippen LogP contribution in [0.1, 0.15) is 6.42 Å². The lowest BCUT2D eigenvalue weighted by Crippen LogP contribution is -2.35. The number of methoxy groups -OCH3 is 2. The summed E-state index contributed by atoms with van der Waals surface area (Å²) in [7, 11) is -1.79. The van der Waals surface area contributed by atoms with Crippen LogP contribution in [0, 0.1) is 0 Å². The summed E-state index contributed by atoms with van der Waals surface area (Å²) in [6, 6.07) is -1.43. The highest BCUT2D eigenvalue weighted by atomic mass is 32.2. The number of hydrogen-bond donors (Lipinski definition) is 2. The molecule has 0 saturated heterocycles. The zero-order chi connectivity index (χ0) is 19.9. The first-order valence-electron chi connectivity index (χ1n) is 7.30. The van der Waals surface area contributed by atoms with Gasteiger partial charge < -0.3 is 14.0 Å². The van der Waals surface area contributed by atoms with Crippen molar-refractivity contribution >= 4 is 33.5 Å². The van der Waals surface area contributed by atoms with E-state index in [9.17, 15) is 17.6 Å². The van der Waals surface area contributed by atoms with Gasteiger partial charge in [0.15, 0.2) is 0 Å². The summed E-state index contributed by atoms with van der Waals surface area (Å²) in [4.78, 5) is 23.2. The summed E-state index contributed by atoms with van der Waals surface area (Å²) in [5, 5.41) is 3.70. The minimum absolute atomic E-state index is 0.0900. The van der Waals surface area contributed by atoms with Gasteiger partial charge in [-0.2, -0.15) is 18.4 Å². The van der Waals surface area contributed by atoms with Crippen molar-refractivity contribution in [3.63, 3.8) is 0 Å². The van der Waals surface area contributed by atoms with Gasteiger partial charge in [0, 0.05) is 18.1 Å². The number of anilines is 1. The van der Waals surface area contributed by atoms with E-state index in [0.717, 1.165) is 11.3 Å². The zero-order valence-electron chi connectivity index (χ0n) is 14.2. The van der Waals surface area contributed by atoms with Crippen molar-refractivity contribution in [3.05, 3.63) is 16.4 Å². The molecule has 0 radical (unpaired) electrons. The normalized spacial score (nSPS) is 11.9. The van der Waals surface area contributed by atoms with Crippen molar-refractivity contribution in [2.45, 2.75) is 13.0 Å². The Balaban J connectivity index is 2.13. The van der Waals surface area contributed by atoms with Gasteiger partial charge in [-0.05, 0) is 6.42 Å². The van der Waals surface area contributed by atoms with Crippen molar-refractivity contribution in [2.24, 2.45) is 4.40 Å². The number of aromatic nitrogens is 4. The Morgan fingerprint density at radius 3 is 2.56 bits per heavy atom. The minimum Gasteiger partial charge on any atom is -0.467 e. The monoisotopic (exact) mass is 421 g/mol. The Morgan fingerprint density at radius 1 is 1.30 bits per heavy atom. The van der Waals surface area contributed by atoms with Gasteiger partial charge in [-0.25, -0.2) is 9.52 Å². The highest BCUT2D eigenvalue weighted by molar-refractivity contribution is 7.88. The lowest BCUT2D eigenvalue weighted by Gasteiger charge is -2.07. The van der Waals surface area contributed by atoms with E-state index in [-0.39, 0.29) is 35.7 Å². The summed E-state index contributed by atoms with van der Waals surface area (Å²) in [5.74, 6) is -0.291. The maximum Gasteiger partial charge on any atom is 0.348 e. The topological polar surface area (TPSA) is 150 Å². The summed E-state index contributed by atoms with van der Waals surface area (Å²) >= 11 is 1.02. The van der Waals surface area contributed by atoms with Crippen LogP contribution >= 0.6 is 11.3 Å². The van der Waals surface area contributed by atoms with Crippen LogP contribution in [0.2, 0.25) is 0 Å². The summed E-state index contributed by atoms with van der Waals surface area (Å²) in [5.41, 5.74) is 0. The molecule has 0 aliphatic rings. The molecule has 0 bridgehead atoms. The minimum atomic E-state index is -4.38. The zero-order valence-corrected chi connectivity index (χ0v) is 15.9. The average Bonchev–Trinajstić information content (AvgIpc) is 3.04. The molecule has 0 spiro atoms. The van der Waals surface area contributed by atoms with Crippen LogP contribution in [0.4, 0.5) is 15.1 Å². The number of alkyl halides is 1. The molecule has 2 aromatic rings. The lowest BCUT2D eigenvalue weighted by atomic mass is 10.5. The molecule has 2 rings (SSSR count). The Labute approximate surface area is 157 Å². The van der Waals surface area contributed by atoms with Crippen LogP contribution < -0.4 is 24.3 Å². The predicted molar refractivity (Wildman–Crippen MR) is 92.5 cm³/mol. The molecule has 0 fully saturated rings. The number of ether oxygens (including phenoxy) is 2. The van der Waals surface area contributed by atoms with Crippen LogP contribution in [0.3, 0.4) is 0 Å². The molecule has 0 atom stereocenters. The van der Waals surface area contributed by atoms with E-state index < -0.39 is 22.9 Å². The van der Waals surface area contributed by atoms with Gasteiger partial charge in [0.2, 0.25) is 10.7 Å². The second-order valence-electron chi connectivity index (χ2n) is 4.68. The number of amides is 2. The van der Waals surface area contributed by atoms with E-state index in [1.54, 1.807) is 16.3 Å². The van der Waals surface area contributed by atoms with Crippen LogP contribution in [-0.4, -0.2) is 54.9 Å². The maximum atomic E-state index is 12.3. The van der Waals surface area contributed by atoms with Crippen molar-refractivity contribution in [1.82, 2.24) is 24.2 Å². The number of carbonyl (C=O) groups is 1. The summed E-state index contributed by atoms with van der Waals surface area (Å²) in [6.45, 7) is -0.292. The summed E-state index contributed by atoms with van der Waals surface area (Å²) < 4.78 is 52.7. The molecular formula is C12H16FN7O5S2.